The lowest BCUT2D eigenvalue weighted by Crippen LogP contribution is -2.13. The second-order valence-corrected chi connectivity index (χ2v) is 8.20. The van der Waals surface area contributed by atoms with Crippen LogP contribution >= 0.6 is 0 Å². The van der Waals surface area contributed by atoms with Crippen LogP contribution in [0.1, 0.15) is 36.8 Å². The van der Waals surface area contributed by atoms with Gasteiger partial charge in [-0.1, -0.05) is 49.6 Å². The molecule has 0 aliphatic carbocycles. The molecular formula is C30H34O9. The summed E-state index contributed by atoms with van der Waals surface area (Å²) in [6.07, 6.45) is 6.69. The molecule has 0 heterocycles. The number of carbonyl (C=O) groups is 3. The Morgan fingerprint density at radius 1 is 0.718 bits per heavy atom. The molecule has 2 aromatic rings. The molecule has 9 heteroatoms. The van der Waals surface area contributed by atoms with Gasteiger partial charge in [0, 0.05) is 6.08 Å². The number of rotatable bonds is 17. The van der Waals surface area contributed by atoms with Crippen LogP contribution in [0.15, 0.2) is 73.3 Å². The lowest BCUT2D eigenvalue weighted by atomic mass is 10.1. The van der Waals surface area contributed by atoms with E-state index in [4.69, 9.17) is 28.8 Å². The first-order chi connectivity index (χ1) is 18.9. The second kappa shape index (κ2) is 18.0. The summed E-state index contributed by atoms with van der Waals surface area (Å²) in [6, 6.07) is 14.6. The fraction of sp³-hybridized carbons (Fsp3) is 0.300. The van der Waals surface area contributed by atoms with Crippen LogP contribution in [0.4, 0.5) is 4.79 Å². The fourth-order valence-electron chi connectivity index (χ4n) is 2.96. The van der Waals surface area contributed by atoms with Crippen LogP contribution in [0, 0.1) is 0 Å². The summed E-state index contributed by atoms with van der Waals surface area (Å²) in [7, 11) is 0. The number of esters is 2. The first kappa shape index (κ1) is 30.9. The van der Waals surface area contributed by atoms with Crippen molar-refractivity contribution in [2.24, 2.45) is 0 Å². The average Bonchev–Trinajstić information content (AvgIpc) is 2.96. The van der Waals surface area contributed by atoms with Crippen LogP contribution in [0.5, 0.6) is 11.5 Å². The predicted molar refractivity (Wildman–Crippen MR) is 146 cm³/mol. The van der Waals surface area contributed by atoms with Crippen molar-refractivity contribution in [2.75, 3.05) is 33.0 Å². The fourth-order valence-corrected chi connectivity index (χ4v) is 2.96. The summed E-state index contributed by atoms with van der Waals surface area (Å²) < 4.78 is 25.7. The Morgan fingerprint density at radius 3 is 1.79 bits per heavy atom. The van der Waals surface area contributed by atoms with Gasteiger partial charge in [-0.2, -0.15) is 0 Å². The number of carbonyl (C=O) groups excluding carboxylic acids is 3. The molecule has 1 N–H and O–H groups in total. The molecule has 0 aromatic heterocycles. The van der Waals surface area contributed by atoms with Crippen LogP contribution in [0.3, 0.4) is 0 Å². The number of hydrogen-bond donors (Lipinski definition) is 1. The second-order valence-electron chi connectivity index (χ2n) is 8.20. The molecule has 0 aliphatic heterocycles. The molecule has 9 nitrogen and oxygen atoms in total. The minimum atomic E-state index is -0.817. The van der Waals surface area contributed by atoms with E-state index in [2.05, 4.69) is 13.2 Å². The molecule has 0 fully saturated rings. The van der Waals surface area contributed by atoms with E-state index in [-0.39, 0.29) is 18.8 Å². The van der Waals surface area contributed by atoms with Gasteiger partial charge >= 0.3 is 18.1 Å². The largest absolute Gasteiger partial charge is 0.513 e. The Kier molecular flexibility index (Phi) is 14.2. The molecule has 0 saturated heterocycles. The van der Waals surface area contributed by atoms with Crippen LogP contribution in [0.25, 0.3) is 12.2 Å². The standard InChI is InChI=1S/C30H34O9/c1-3-28(32)36-19-5-4-18-35-26-14-10-24(11-15-26)8-9-25-12-16-27(17-13-25)39-30(34)38-21-7-6-20-37-29(33)23(2)22-31/h3,8-17,31H,1-2,4-7,18-22H2/b9-8+. The van der Waals surface area contributed by atoms with Crippen LogP contribution < -0.4 is 9.47 Å². The average molecular weight is 539 g/mol. The number of ether oxygens (including phenoxy) is 5. The Bertz CT molecular complexity index is 1100. The molecule has 0 atom stereocenters. The van der Waals surface area contributed by atoms with Gasteiger partial charge in [-0.25, -0.2) is 14.4 Å². The van der Waals surface area contributed by atoms with Gasteiger partial charge in [-0.15, -0.1) is 0 Å². The molecule has 39 heavy (non-hydrogen) atoms. The van der Waals surface area contributed by atoms with Gasteiger partial charge in [0.1, 0.15) is 11.5 Å². The van der Waals surface area contributed by atoms with Gasteiger partial charge in [0.05, 0.1) is 38.6 Å². The van der Waals surface area contributed by atoms with Crippen LogP contribution in [-0.2, 0) is 23.8 Å². The maximum absolute atomic E-state index is 11.8. The van der Waals surface area contributed by atoms with E-state index in [1.807, 2.05) is 48.6 Å². The van der Waals surface area contributed by atoms with Crippen molar-refractivity contribution in [1.29, 1.82) is 0 Å². The Hall–Kier alpha value is -4.37. The van der Waals surface area contributed by atoms with E-state index < -0.39 is 24.7 Å². The summed E-state index contributed by atoms with van der Waals surface area (Å²) in [5, 5.41) is 8.79. The van der Waals surface area contributed by atoms with Gasteiger partial charge in [-0.05, 0) is 61.1 Å². The summed E-state index contributed by atoms with van der Waals surface area (Å²) >= 11 is 0. The molecular weight excluding hydrogens is 504 g/mol. The van der Waals surface area contributed by atoms with E-state index in [1.165, 1.54) is 0 Å². The van der Waals surface area contributed by atoms with E-state index >= 15 is 0 Å². The minimum Gasteiger partial charge on any atom is -0.494 e. The lowest BCUT2D eigenvalue weighted by Gasteiger charge is -2.07. The molecule has 208 valence electrons. The third-order valence-corrected chi connectivity index (χ3v) is 5.12. The van der Waals surface area contributed by atoms with Crippen molar-refractivity contribution in [3.63, 3.8) is 0 Å². The van der Waals surface area contributed by atoms with Crippen molar-refractivity contribution in [3.8, 4) is 11.5 Å². The van der Waals surface area contributed by atoms with Gasteiger partial charge < -0.3 is 28.8 Å². The normalized spacial score (nSPS) is 10.5. The molecule has 0 spiro atoms. The lowest BCUT2D eigenvalue weighted by molar-refractivity contribution is -0.140. The SMILES string of the molecule is C=CC(=O)OCCCCOc1ccc(/C=C/c2ccc(OC(=O)OCCCCOC(=O)C(=C)CO)cc2)cc1. The molecule has 2 rings (SSSR count). The maximum atomic E-state index is 11.8. The molecule has 0 bridgehead atoms. The summed E-state index contributed by atoms with van der Waals surface area (Å²) in [4.78, 5) is 34.1. The zero-order valence-electron chi connectivity index (χ0n) is 21.8. The zero-order valence-corrected chi connectivity index (χ0v) is 21.8. The maximum Gasteiger partial charge on any atom is 0.513 e. The molecule has 0 radical (unpaired) electrons. The Balaban J connectivity index is 1.64. The Labute approximate surface area is 228 Å². The van der Waals surface area contributed by atoms with Crippen LogP contribution in [0.2, 0.25) is 0 Å². The van der Waals surface area contributed by atoms with Gasteiger partial charge in [0.15, 0.2) is 0 Å². The van der Waals surface area contributed by atoms with Gasteiger partial charge in [-0.3, -0.25) is 0 Å². The number of hydrogen-bond acceptors (Lipinski definition) is 9. The van der Waals surface area contributed by atoms with Crippen molar-refractivity contribution < 1.29 is 43.2 Å². The highest BCUT2D eigenvalue weighted by molar-refractivity contribution is 5.87. The number of aliphatic hydroxyl groups excluding tert-OH is 1. The summed E-state index contributed by atoms with van der Waals surface area (Å²) in [5.74, 6) is 0.0540. The van der Waals surface area contributed by atoms with Crippen molar-refractivity contribution >= 4 is 30.2 Å². The van der Waals surface area contributed by atoms with Crippen molar-refractivity contribution in [1.82, 2.24) is 0 Å². The van der Waals surface area contributed by atoms with Crippen molar-refractivity contribution in [3.05, 3.63) is 84.5 Å². The third-order valence-electron chi connectivity index (χ3n) is 5.12. The quantitative estimate of drug-likeness (QED) is 0.0730. The van der Waals surface area contributed by atoms with E-state index in [1.54, 1.807) is 12.1 Å². The van der Waals surface area contributed by atoms with E-state index in [0.717, 1.165) is 35.8 Å². The minimum absolute atomic E-state index is 0.00771. The number of aliphatic hydroxyl groups is 1. The third kappa shape index (κ3) is 13.1. The highest BCUT2D eigenvalue weighted by Crippen LogP contribution is 2.17. The highest BCUT2D eigenvalue weighted by atomic mass is 16.7. The monoisotopic (exact) mass is 538 g/mol. The van der Waals surface area contributed by atoms with E-state index in [9.17, 15) is 14.4 Å². The first-order valence-corrected chi connectivity index (χ1v) is 12.5. The molecule has 0 aliphatic rings. The van der Waals surface area contributed by atoms with Crippen molar-refractivity contribution in [2.45, 2.75) is 25.7 Å². The smallest absolute Gasteiger partial charge is 0.494 e. The Morgan fingerprint density at radius 2 is 1.23 bits per heavy atom. The topological polar surface area (TPSA) is 118 Å². The van der Waals surface area contributed by atoms with E-state index in [0.29, 0.717) is 31.8 Å². The molecule has 0 saturated carbocycles. The summed E-state index contributed by atoms with van der Waals surface area (Å²) in [5.41, 5.74) is 1.91. The number of benzene rings is 2. The van der Waals surface area contributed by atoms with Gasteiger partial charge in [0.25, 0.3) is 0 Å². The summed E-state index contributed by atoms with van der Waals surface area (Å²) in [6.45, 7) is 7.41. The highest BCUT2D eigenvalue weighted by Gasteiger charge is 2.08. The predicted octanol–water partition coefficient (Wildman–Crippen LogP) is 5.13. The molecule has 0 amide bonds. The van der Waals surface area contributed by atoms with Gasteiger partial charge in [0.2, 0.25) is 0 Å². The van der Waals surface area contributed by atoms with Crippen LogP contribution in [-0.4, -0.2) is 56.2 Å². The molecule has 2 aromatic carbocycles. The first-order valence-electron chi connectivity index (χ1n) is 12.5. The zero-order chi connectivity index (χ0) is 28.3. The number of unbranched alkanes of at least 4 members (excludes halogenated alkanes) is 2. The molecule has 0 unspecified atom stereocenters.